The Morgan fingerprint density at radius 2 is 1.03 bits per heavy atom. The van der Waals surface area contributed by atoms with Crippen LogP contribution in [0.1, 0.15) is 22.3 Å². The molecule has 65 heavy (non-hydrogen) atoms. The first-order chi connectivity index (χ1) is 32.2. The second-order valence-electron chi connectivity index (χ2n) is 17.1. The Morgan fingerprint density at radius 1 is 0.385 bits per heavy atom. The summed E-state index contributed by atoms with van der Waals surface area (Å²) in [6.07, 6.45) is 0. The number of anilines is 3. The van der Waals surface area contributed by atoms with Crippen molar-refractivity contribution >= 4 is 82.3 Å². The molecule has 0 fully saturated rings. The Kier molecular flexibility index (Phi) is 8.04. The van der Waals surface area contributed by atoms with Gasteiger partial charge >= 0.3 is 0 Å². The SMILES string of the molecule is c1ccc(N(c2cc(-c3cccc(-c4ccc5oc6ccccc6c5c4)c3)c3c(c2)C2(c4ccccc4S3)c3ccccc3-c3ccccc32)c2cccc3sc4ccccc4c23)cc1. The van der Waals surface area contributed by atoms with Crippen LogP contribution >= 0.6 is 23.1 Å². The third-order valence-corrected chi connectivity index (χ3v) is 16.1. The van der Waals surface area contributed by atoms with E-state index < -0.39 is 5.41 Å². The average Bonchev–Trinajstić information content (AvgIpc) is 4.03. The highest BCUT2D eigenvalue weighted by Crippen LogP contribution is 2.64. The van der Waals surface area contributed by atoms with E-state index >= 15 is 0 Å². The number of hydrogen-bond acceptors (Lipinski definition) is 4. The summed E-state index contributed by atoms with van der Waals surface area (Å²) >= 11 is 3.77. The summed E-state index contributed by atoms with van der Waals surface area (Å²) in [5.41, 5.74) is 17.2. The predicted molar refractivity (Wildman–Crippen MR) is 274 cm³/mol. The zero-order chi connectivity index (χ0) is 42.6. The van der Waals surface area contributed by atoms with Gasteiger partial charge < -0.3 is 9.32 Å². The van der Waals surface area contributed by atoms with Crippen molar-refractivity contribution in [2.45, 2.75) is 15.2 Å². The normalized spacial score (nSPS) is 13.3. The molecule has 0 saturated heterocycles. The van der Waals surface area contributed by atoms with Crippen LogP contribution in [0, 0.1) is 0 Å². The molecule has 4 heteroatoms. The van der Waals surface area contributed by atoms with E-state index in [1.807, 2.05) is 29.2 Å². The number of benzene rings is 10. The van der Waals surface area contributed by atoms with Crippen molar-refractivity contribution in [3.63, 3.8) is 0 Å². The number of rotatable bonds is 5. The summed E-state index contributed by atoms with van der Waals surface area (Å²) in [5.74, 6) is 0. The largest absolute Gasteiger partial charge is 0.456 e. The number of nitrogens with zero attached hydrogens (tertiary/aromatic N) is 1. The van der Waals surface area contributed by atoms with Gasteiger partial charge in [-0.1, -0.05) is 163 Å². The number of hydrogen-bond donors (Lipinski definition) is 0. The van der Waals surface area contributed by atoms with Crippen LogP contribution in [0.3, 0.4) is 0 Å². The predicted octanol–water partition coefficient (Wildman–Crippen LogP) is 17.6. The Labute approximate surface area is 384 Å². The van der Waals surface area contributed by atoms with Gasteiger partial charge in [0.05, 0.1) is 11.1 Å². The van der Waals surface area contributed by atoms with E-state index in [1.54, 1.807) is 0 Å². The minimum absolute atomic E-state index is 0.566. The molecule has 1 aliphatic carbocycles. The van der Waals surface area contributed by atoms with Gasteiger partial charge in [-0.2, -0.15) is 0 Å². The average molecular weight is 864 g/mol. The summed E-state index contributed by atoms with van der Waals surface area (Å²) in [6.45, 7) is 0. The zero-order valence-corrected chi connectivity index (χ0v) is 36.7. The molecule has 0 atom stereocenters. The lowest BCUT2D eigenvalue weighted by Crippen LogP contribution is -2.32. The highest BCUT2D eigenvalue weighted by molar-refractivity contribution is 7.99. The molecule has 3 heterocycles. The molecule has 0 N–H and O–H groups in total. The third-order valence-electron chi connectivity index (χ3n) is 13.7. The minimum atomic E-state index is -0.566. The van der Waals surface area contributed by atoms with Crippen LogP contribution in [0.5, 0.6) is 0 Å². The van der Waals surface area contributed by atoms with Crippen LogP contribution in [0.25, 0.3) is 75.5 Å². The molecule has 0 unspecified atom stereocenters. The lowest BCUT2D eigenvalue weighted by Gasteiger charge is -2.41. The Morgan fingerprint density at radius 3 is 1.88 bits per heavy atom. The van der Waals surface area contributed by atoms with Crippen molar-refractivity contribution in [1.82, 2.24) is 0 Å². The van der Waals surface area contributed by atoms with E-state index in [0.717, 1.165) is 50.1 Å². The number of thiophene rings is 1. The molecule has 0 amide bonds. The first-order valence-electron chi connectivity index (χ1n) is 22.2. The van der Waals surface area contributed by atoms with Gasteiger partial charge in [-0.05, 0) is 128 Å². The molecule has 10 aromatic carbocycles. The van der Waals surface area contributed by atoms with Crippen LogP contribution in [0.2, 0.25) is 0 Å². The summed E-state index contributed by atoms with van der Waals surface area (Å²) in [6, 6.07) is 83.1. The van der Waals surface area contributed by atoms with Gasteiger partial charge in [-0.3, -0.25) is 0 Å². The maximum absolute atomic E-state index is 6.27. The van der Waals surface area contributed by atoms with Gasteiger partial charge in [0, 0.05) is 52.1 Å². The van der Waals surface area contributed by atoms with Crippen molar-refractivity contribution < 1.29 is 4.42 Å². The zero-order valence-electron chi connectivity index (χ0n) is 35.0. The van der Waals surface area contributed by atoms with Gasteiger partial charge in [-0.25, -0.2) is 0 Å². The van der Waals surface area contributed by atoms with Gasteiger partial charge in [0.25, 0.3) is 0 Å². The van der Waals surface area contributed by atoms with Crippen molar-refractivity contribution in [2.75, 3.05) is 4.90 Å². The highest BCUT2D eigenvalue weighted by atomic mass is 32.2. The van der Waals surface area contributed by atoms with Crippen molar-refractivity contribution in [3.05, 3.63) is 247 Å². The highest BCUT2D eigenvalue weighted by Gasteiger charge is 2.51. The molecule has 0 bridgehead atoms. The van der Waals surface area contributed by atoms with Gasteiger partial charge in [0.2, 0.25) is 0 Å². The minimum Gasteiger partial charge on any atom is -0.456 e. The van der Waals surface area contributed by atoms with Crippen LogP contribution in [0.4, 0.5) is 17.1 Å². The van der Waals surface area contributed by atoms with Crippen LogP contribution in [0.15, 0.2) is 239 Å². The van der Waals surface area contributed by atoms with Gasteiger partial charge in [-0.15, -0.1) is 11.3 Å². The van der Waals surface area contributed by atoms with E-state index in [4.69, 9.17) is 4.42 Å². The van der Waals surface area contributed by atoms with Gasteiger partial charge in [0.15, 0.2) is 0 Å². The van der Waals surface area contributed by atoms with Crippen molar-refractivity contribution in [2.24, 2.45) is 0 Å². The summed E-state index contributed by atoms with van der Waals surface area (Å²) in [7, 11) is 0. The smallest absolute Gasteiger partial charge is 0.135 e. The lowest BCUT2D eigenvalue weighted by atomic mass is 9.66. The molecule has 1 aliphatic heterocycles. The standard InChI is InChI=1S/C61H37NOS2/c1-2-18-41(19-3-1)62(53-27-15-31-58-59(53)46-23-7-12-29-56(46)64-58)42-36-47(40-17-14-16-38(34-40)39-32-33-55-48(35-39)45-22-6-11-28-54(45)63-55)60-52(37-42)61(51-26-10-13-30-57(51)65-60)49-24-8-4-20-43(49)44-21-5-9-25-50(44)61/h1-37H. The number of fused-ring (bicyclic) bond motifs is 15. The van der Waals surface area contributed by atoms with Crippen LogP contribution in [-0.2, 0) is 5.41 Å². The fourth-order valence-corrected chi connectivity index (χ4v) is 13.4. The molecule has 0 radical (unpaired) electrons. The van der Waals surface area contributed by atoms with E-state index in [0.29, 0.717) is 0 Å². The molecule has 12 aromatic rings. The van der Waals surface area contributed by atoms with Crippen LogP contribution in [-0.4, -0.2) is 0 Å². The monoisotopic (exact) mass is 863 g/mol. The van der Waals surface area contributed by atoms with E-state index in [-0.39, 0.29) is 0 Å². The Hall–Kier alpha value is -7.63. The summed E-state index contributed by atoms with van der Waals surface area (Å²) in [4.78, 5) is 5.07. The number of furan rings is 1. The fourth-order valence-electron chi connectivity index (χ4n) is 11.0. The maximum atomic E-state index is 6.27. The van der Waals surface area contributed by atoms with Crippen molar-refractivity contribution in [3.8, 4) is 33.4 Å². The van der Waals surface area contributed by atoms with E-state index in [1.165, 1.54) is 74.5 Å². The fraction of sp³-hybridized carbons (Fsp3) is 0.0164. The second kappa shape index (κ2) is 14.2. The molecular weight excluding hydrogens is 827 g/mol. The Balaban J connectivity index is 1.09. The third kappa shape index (κ3) is 5.36. The topological polar surface area (TPSA) is 16.4 Å². The molecule has 2 aromatic heterocycles. The summed E-state index contributed by atoms with van der Waals surface area (Å²) < 4.78 is 8.84. The Bertz CT molecular complexity index is 3850. The van der Waals surface area contributed by atoms with Crippen molar-refractivity contribution in [1.29, 1.82) is 0 Å². The number of para-hydroxylation sites is 2. The van der Waals surface area contributed by atoms with Crippen LogP contribution < -0.4 is 4.90 Å². The lowest BCUT2D eigenvalue weighted by molar-refractivity contribution is 0.669. The summed E-state index contributed by atoms with van der Waals surface area (Å²) in [5, 5.41) is 4.81. The second-order valence-corrected chi connectivity index (χ2v) is 19.3. The molecule has 14 rings (SSSR count). The van der Waals surface area contributed by atoms with E-state index in [9.17, 15) is 0 Å². The van der Waals surface area contributed by atoms with Gasteiger partial charge in [0.1, 0.15) is 11.2 Å². The molecule has 0 saturated carbocycles. The van der Waals surface area contributed by atoms with E-state index in [2.05, 4.69) is 223 Å². The molecule has 1 spiro atoms. The molecule has 2 nitrogen and oxygen atoms in total. The molecule has 2 aliphatic rings. The first kappa shape index (κ1) is 36.8. The molecule has 304 valence electrons. The quantitative estimate of drug-likeness (QED) is 0.172. The maximum Gasteiger partial charge on any atom is 0.135 e. The molecular formula is C61H37NOS2. The first-order valence-corrected chi connectivity index (χ1v) is 23.8.